The molecule has 0 spiro atoms. The van der Waals surface area contributed by atoms with E-state index >= 15 is 0 Å². The van der Waals surface area contributed by atoms with Gasteiger partial charge in [0.25, 0.3) is 0 Å². The Morgan fingerprint density at radius 3 is 2.37 bits per heavy atom. The van der Waals surface area contributed by atoms with Crippen molar-refractivity contribution in [1.29, 1.82) is 0 Å². The number of hydrogen-bond donors (Lipinski definition) is 0. The number of ether oxygens (including phenoxy) is 2. The predicted molar refractivity (Wildman–Crippen MR) is 115 cm³/mol. The van der Waals surface area contributed by atoms with Gasteiger partial charge in [-0.15, -0.1) is 0 Å². The Labute approximate surface area is 168 Å². The minimum atomic E-state index is 0.486. The number of aliphatic imine (C=N–C) groups is 1. The summed E-state index contributed by atoms with van der Waals surface area (Å²) >= 11 is 3.44. The highest BCUT2D eigenvalue weighted by Gasteiger charge is 2.06. The van der Waals surface area contributed by atoms with Crippen molar-refractivity contribution in [3.8, 4) is 11.5 Å². The predicted octanol–water partition coefficient (Wildman–Crippen LogP) is 6.40. The lowest BCUT2D eigenvalue weighted by molar-refractivity contribution is 0.284. The Hall–Kier alpha value is -2.59. The minimum absolute atomic E-state index is 0.486. The van der Waals surface area contributed by atoms with Crippen LogP contribution in [0.2, 0.25) is 0 Å². The van der Waals surface area contributed by atoms with Crippen molar-refractivity contribution >= 4 is 27.8 Å². The van der Waals surface area contributed by atoms with Crippen LogP contribution in [-0.4, -0.2) is 13.3 Å². The van der Waals surface area contributed by atoms with E-state index in [0.717, 1.165) is 21.3 Å². The van der Waals surface area contributed by atoms with E-state index in [1.807, 2.05) is 54.7 Å². The van der Waals surface area contributed by atoms with Crippen LogP contribution in [0.3, 0.4) is 0 Å². The topological polar surface area (TPSA) is 30.8 Å². The summed E-state index contributed by atoms with van der Waals surface area (Å²) in [4.78, 5) is 4.56. The average molecular weight is 424 g/mol. The van der Waals surface area contributed by atoms with Crippen LogP contribution in [0.4, 0.5) is 5.69 Å². The molecule has 3 rings (SSSR count). The molecule has 0 unspecified atom stereocenters. The van der Waals surface area contributed by atoms with Gasteiger partial charge in [0.05, 0.1) is 12.8 Å². The fourth-order valence-electron chi connectivity index (χ4n) is 2.58. The van der Waals surface area contributed by atoms with E-state index in [2.05, 4.69) is 46.9 Å². The summed E-state index contributed by atoms with van der Waals surface area (Å²) in [6.45, 7) is 4.68. The summed E-state index contributed by atoms with van der Waals surface area (Å²) in [7, 11) is 1.64. The molecule has 0 aliphatic heterocycles. The molecular formula is C23H22BrNO2. The maximum Gasteiger partial charge on any atom is 0.161 e. The van der Waals surface area contributed by atoms with Gasteiger partial charge < -0.3 is 9.47 Å². The fraction of sp³-hybridized carbons (Fsp3) is 0.174. The smallest absolute Gasteiger partial charge is 0.161 e. The van der Waals surface area contributed by atoms with Crippen molar-refractivity contribution in [2.24, 2.45) is 4.99 Å². The van der Waals surface area contributed by atoms with Crippen LogP contribution in [0.15, 0.2) is 70.1 Å². The first-order valence-corrected chi connectivity index (χ1v) is 9.51. The molecule has 0 aliphatic carbocycles. The van der Waals surface area contributed by atoms with Crippen molar-refractivity contribution in [3.05, 3.63) is 87.4 Å². The van der Waals surface area contributed by atoms with Crippen LogP contribution in [0, 0.1) is 13.8 Å². The molecule has 3 aromatic rings. The second-order valence-corrected chi connectivity index (χ2v) is 7.27. The van der Waals surface area contributed by atoms with E-state index in [-0.39, 0.29) is 0 Å². The van der Waals surface area contributed by atoms with Gasteiger partial charge in [0.2, 0.25) is 0 Å². The Morgan fingerprint density at radius 2 is 1.67 bits per heavy atom. The standard InChI is InChI=1S/C23H22BrNO2/c1-16-4-10-21(12-17(16)2)25-14-19-7-11-22(23(13-19)26-3)27-15-18-5-8-20(24)9-6-18/h4-14H,15H2,1-3H3. The highest BCUT2D eigenvalue weighted by Crippen LogP contribution is 2.29. The van der Waals surface area contributed by atoms with Crippen LogP contribution in [0.1, 0.15) is 22.3 Å². The number of aryl methyl sites for hydroxylation is 2. The average Bonchev–Trinajstić information content (AvgIpc) is 2.68. The summed E-state index contributed by atoms with van der Waals surface area (Å²) in [5.41, 5.74) is 5.50. The summed E-state index contributed by atoms with van der Waals surface area (Å²) in [6, 6.07) is 20.1. The third kappa shape index (κ3) is 5.20. The normalized spacial score (nSPS) is 11.0. The molecule has 3 aromatic carbocycles. The van der Waals surface area contributed by atoms with Gasteiger partial charge >= 0.3 is 0 Å². The first kappa shape index (κ1) is 19.2. The number of halogens is 1. The zero-order chi connectivity index (χ0) is 19.2. The third-order valence-electron chi connectivity index (χ3n) is 4.35. The first-order valence-electron chi connectivity index (χ1n) is 8.72. The van der Waals surface area contributed by atoms with Crippen LogP contribution in [0.25, 0.3) is 0 Å². The molecule has 138 valence electrons. The van der Waals surface area contributed by atoms with E-state index in [9.17, 15) is 0 Å². The van der Waals surface area contributed by atoms with Gasteiger partial charge in [0.1, 0.15) is 6.61 Å². The zero-order valence-corrected chi connectivity index (χ0v) is 17.3. The van der Waals surface area contributed by atoms with Crippen molar-refractivity contribution in [1.82, 2.24) is 0 Å². The molecule has 27 heavy (non-hydrogen) atoms. The largest absolute Gasteiger partial charge is 0.493 e. The van der Waals surface area contributed by atoms with Gasteiger partial charge in [-0.3, -0.25) is 4.99 Å². The van der Waals surface area contributed by atoms with Gasteiger partial charge in [-0.05, 0) is 78.6 Å². The van der Waals surface area contributed by atoms with Crippen LogP contribution < -0.4 is 9.47 Å². The quantitative estimate of drug-likeness (QED) is 0.429. The van der Waals surface area contributed by atoms with Crippen LogP contribution >= 0.6 is 15.9 Å². The van der Waals surface area contributed by atoms with Crippen molar-refractivity contribution in [2.75, 3.05) is 7.11 Å². The third-order valence-corrected chi connectivity index (χ3v) is 4.88. The lowest BCUT2D eigenvalue weighted by Crippen LogP contribution is -1.98. The molecule has 0 saturated heterocycles. The van der Waals surface area contributed by atoms with Gasteiger partial charge in [-0.25, -0.2) is 0 Å². The van der Waals surface area contributed by atoms with Crippen LogP contribution in [0.5, 0.6) is 11.5 Å². The second-order valence-electron chi connectivity index (χ2n) is 6.35. The molecule has 0 heterocycles. The van der Waals surface area contributed by atoms with Gasteiger partial charge in [-0.1, -0.05) is 34.1 Å². The SMILES string of the molecule is COc1cc(C=Nc2ccc(C)c(C)c2)ccc1OCc1ccc(Br)cc1. The maximum atomic E-state index is 5.92. The number of hydrogen-bond acceptors (Lipinski definition) is 3. The first-order chi connectivity index (χ1) is 13.0. The molecule has 0 bridgehead atoms. The van der Waals surface area contributed by atoms with Crippen molar-refractivity contribution < 1.29 is 9.47 Å². The molecule has 0 fully saturated rings. The fourth-order valence-corrected chi connectivity index (χ4v) is 2.84. The molecule has 3 nitrogen and oxygen atoms in total. The van der Waals surface area contributed by atoms with Crippen molar-refractivity contribution in [3.63, 3.8) is 0 Å². The molecule has 0 aromatic heterocycles. The van der Waals surface area contributed by atoms with E-state index in [4.69, 9.17) is 9.47 Å². The number of methoxy groups -OCH3 is 1. The Balaban J connectivity index is 1.72. The Bertz CT molecular complexity index is 949. The van der Waals surface area contributed by atoms with Crippen molar-refractivity contribution in [2.45, 2.75) is 20.5 Å². The monoisotopic (exact) mass is 423 g/mol. The highest BCUT2D eigenvalue weighted by atomic mass is 79.9. The molecule has 0 N–H and O–H groups in total. The highest BCUT2D eigenvalue weighted by molar-refractivity contribution is 9.10. The van der Waals surface area contributed by atoms with E-state index < -0.39 is 0 Å². The Kier molecular flexibility index (Phi) is 6.30. The summed E-state index contributed by atoms with van der Waals surface area (Å²) in [5.74, 6) is 1.40. The lowest BCUT2D eigenvalue weighted by Gasteiger charge is -2.11. The lowest BCUT2D eigenvalue weighted by atomic mass is 10.1. The van der Waals surface area contributed by atoms with Gasteiger partial charge in [0, 0.05) is 10.7 Å². The Morgan fingerprint density at radius 1 is 0.889 bits per heavy atom. The number of benzene rings is 3. The molecular weight excluding hydrogens is 402 g/mol. The number of nitrogens with zero attached hydrogens (tertiary/aromatic N) is 1. The maximum absolute atomic E-state index is 5.92. The van der Waals surface area contributed by atoms with E-state index in [1.54, 1.807) is 7.11 Å². The molecule has 0 atom stereocenters. The molecule has 0 aliphatic rings. The number of rotatable bonds is 6. The van der Waals surface area contributed by atoms with E-state index in [0.29, 0.717) is 18.1 Å². The summed E-state index contributed by atoms with van der Waals surface area (Å²) < 4.78 is 12.5. The molecule has 0 saturated carbocycles. The van der Waals surface area contributed by atoms with Gasteiger partial charge in [0.15, 0.2) is 11.5 Å². The summed E-state index contributed by atoms with van der Waals surface area (Å²) in [5, 5.41) is 0. The molecule has 0 radical (unpaired) electrons. The molecule has 4 heteroatoms. The minimum Gasteiger partial charge on any atom is -0.493 e. The van der Waals surface area contributed by atoms with E-state index in [1.165, 1.54) is 11.1 Å². The van der Waals surface area contributed by atoms with Crippen LogP contribution in [-0.2, 0) is 6.61 Å². The molecule has 0 amide bonds. The zero-order valence-electron chi connectivity index (χ0n) is 15.7. The summed E-state index contributed by atoms with van der Waals surface area (Å²) in [6.07, 6.45) is 1.84. The second kappa shape index (κ2) is 8.87. The van der Waals surface area contributed by atoms with Gasteiger partial charge in [-0.2, -0.15) is 0 Å².